The van der Waals surface area contributed by atoms with E-state index in [9.17, 15) is 17.6 Å². The largest absolute Gasteiger partial charge is 0.300 e. The van der Waals surface area contributed by atoms with Crippen molar-refractivity contribution in [3.63, 3.8) is 0 Å². The first-order valence-corrected chi connectivity index (χ1v) is 12.8. The summed E-state index contributed by atoms with van der Waals surface area (Å²) in [4.78, 5) is 12.0. The molecule has 0 spiro atoms. The van der Waals surface area contributed by atoms with Crippen LogP contribution in [-0.2, 0) is 21.2 Å². The third-order valence-electron chi connectivity index (χ3n) is 4.10. The summed E-state index contributed by atoms with van der Waals surface area (Å²) >= 11 is 2.86. The number of carbonyl (C=O) groups is 1. The molecule has 2 aromatic carbocycles. The fourth-order valence-electron chi connectivity index (χ4n) is 2.58. The molecule has 1 heterocycles. The minimum Gasteiger partial charge on any atom is -0.300 e. The Morgan fingerprint density at radius 1 is 1.06 bits per heavy atom. The van der Waals surface area contributed by atoms with E-state index in [4.69, 9.17) is 0 Å². The summed E-state index contributed by atoms with van der Waals surface area (Å²) in [5, 5.41) is 11.0. The molecular weight excluding hydrogens is 459 g/mol. The van der Waals surface area contributed by atoms with Crippen molar-refractivity contribution in [3.8, 4) is 0 Å². The maximum absolute atomic E-state index is 12.9. The SMILES string of the molecule is O=C(CCNS(=O)(=O)c1ccc(F)cc1)Nc1nnc(SCCCc2ccccc2)s1. The lowest BCUT2D eigenvalue weighted by atomic mass is 10.1. The van der Waals surface area contributed by atoms with Crippen molar-refractivity contribution >= 4 is 44.2 Å². The topological polar surface area (TPSA) is 101 Å². The van der Waals surface area contributed by atoms with E-state index in [0.717, 1.165) is 47.2 Å². The number of carbonyl (C=O) groups excluding carboxylic acids is 1. The first-order valence-electron chi connectivity index (χ1n) is 9.48. The monoisotopic (exact) mass is 480 g/mol. The molecule has 1 aromatic heterocycles. The Morgan fingerprint density at radius 3 is 2.55 bits per heavy atom. The van der Waals surface area contributed by atoms with Gasteiger partial charge in [0.15, 0.2) is 4.34 Å². The molecule has 0 unspecified atom stereocenters. The number of hydrogen-bond acceptors (Lipinski definition) is 7. The van der Waals surface area contributed by atoms with Gasteiger partial charge in [0.25, 0.3) is 0 Å². The molecule has 0 bridgehead atoms. The van der Waals surface area contributed by atoms with Crippen LogP contribution in [0.1, 0.15) is 18.4 Å². The number of anilines is 1. The smallest absolute Gasteiger partial charge is 0.240 e. The summed E-state index contributed by atoms with van der Waals surface area (Å²) in [6.45, 7) is -0.0918. The number of nitrogens with one attached hydrogen (secondary N) is 2. The van der Waals surface area contributed by atoms with Gasteiger partial charge in [0.2, 0.25) is 21.1 Å². The molecule has 11 heteroatoms. The second-order valence-corrected chi connectivity index (χ2v) is 10.5. The van der Waals surface area contributed by atoms with Crippen LogP contribution in [0.4, 0.5) is 9.52 Å². The lowest BCUT2D eigenvalue weighted by Crippen LogP contribution is -2.27. The molecule has 1 amide bonds. The van der Waals surface area contributed by atoms with Gasteiger partial charge >= 0.3 is 0 Å². The summed E-state index contributed by atoms with van der Waals surface area (Å²) in [6, 6.07) is 14.7. The maximum atomic E-state index is 12.9. The first-order chi connectivity index (χ1) is 14.9. The van der Waals surface area contributed by atoms with Crippen molar-refractivity contribution in [3.05, 3.63) is 66.0 Å². The number of thioether (sulfide) groups is 1. The zero-order chi connectivity index (χ0) is 22.1. The van der Waals surface area contributed by atoms with E-state index in [1.165, 1.54) is 16.9 Å². The fraction of sp³-hybridized carbons (Fsp3) is 0.250. The molecule has 0 aliphatic rings. The predicted molar refractivity (Wildman–Crippen MR) is 120 cm³/mol. The van der Waals surface area contributed by atoms with Gasteiger partial charge in [-0.3, -0.25) is 4.79 Å². The molecule has 164 valence electrons. The number of benzene rings is 2. The second-order valence-electron chi connectivity index (χ2n) is 6.46. The summed E-state index contributed by atoms with van der Waals surface area (Å²) < 4.78 is 40.2. The highest BCUT2D eigenvalue weighted by molar-refractivity contribution is 8.01. The van der Waals surface area contributed by atoms with Gasteiger partial charge in [0.1, 0.15) is 5.82 Å². The fourth-order valence-corrected chi connectivity index (χ4v) is 5.39. The summed E-state index contributed by atoms with van der Waals surface area (Å²) in [6.07, 6.45) is 1.92. The highest BCUT2D eigenvalue weighted by Crippen LogP contribution is 2.26. The van der Waals surface area contributed by atoms with E-state index < -0.39 is 15.8 Å². The van der Waals surface area contributed by atoms with E-state index >= 15 is 0 Å². The number of aromatic nitrogens is 2. The molecule has 0 fully saturated rings. The van der Waals surface area contributed by atoms with Crippen LogP contribution in [0.2, 0.25) is 0 Å². The minimum absolute atomic E-state index is 0.0626. The van der Waals surface area contributed by atoms with Crippen molar-refractivity contribution in [2.45, 2.75) is 28.5 Å². The molecule has 0 saturated heterocycles. The van der Waals surface area contributed by atoms with Crippen LogP contribution in [0.15, 0.2) is 63.8 Å². The molecule has 0 atom stereocenters. The van der Waals surface area contributed by atoms with Gasteiger partial charge in [-0.25, -0.2) is 17.5 Å². The number of amides is 1. The lowest BCUT2D eigenvalue weighted by molar-refractivity contribution is -0.116. The summed E-state index contributed by atoms with van der Waals surface area (Å²) in [5.41, 5.74) is 1.29. The highest BCUT2D eigenvalue weighted by atomic mass is 32.2. The van der Waals surface area contributed by atoms with Gasteiger partial charge in [0, 0.05) is 18.7 Å². The van der Waals surface area contributed by atoms with E-state index in [0.29, 0.717) is 5.13 Å². The zero-order valence-electron chi connectivity index (χ0n) is 16.5. The molecule has 0 aliphatic heterocycles. The number of sulfonamides is 1. The molecule has 7 nitrogen and oxygen atoms in total. The van der Waals surface area contributed by atoms with Crippen LogP contribution in [0.5, 0.6) is 0 Å². The number of nitrogens with zero attached hydrogens (tertiary/aromatic N) is 2. The molecule has 3 rings (SSSR count). The summed E-state index contributed by atoms with van der Waals surface area (Å²) in [7, 11) is -3.80. The first kappa shape index (κ1) is 23.3. The molecule has 0 aliphatic carbocycles. The minimum atomic E-state index is -3.80. The summed E-state index contributed by atoms with van der Waals surface area (Å²) in [5.74, 6) is -0.00877. The quantitative estimate of drug-likeness (QED) is 0.247. The molecule has 0 radical (unpaired) electrons. The van der Waals surface area contributed by atoms with Gasteiger partial charge in [-0.2, -0.15) is 0 Å². The van der Waals surface area contributed by atoms with Gasteiger partial charge in [-0.1, -0.05) is 53.4 Å². The number of rotatable bonds is 11. The number of hydrogen-bond donors (Lipinski definition) is 2. The van der Waals surface area contributed by atoms with Gasteiger partial charge in [-0.15, -0.1) is 10.2 Å². The lowest BCUT2D eigenvalue weighted by Gasteiger charge is -2.06. The Kier molecular flexibility index (Phi) is 8.52. The Balaban J connectivity index is 1.37. The van der Waals surface area contributed by atoms with E-state index in [1.54, 1.807) is 11.8 Å². The number of aryl methyl sites for hydroxylation is 1. The Bertz CT molecular complexity index is 1090. The van der Waals surface area contributed by atoms with Crippen LogP contribution in [-0.4, -0.2) is 36.8 Å². The third kappa shape index (κ3) is 7.69. The van der Waals surface area contributed by atoms with Crippen LogP contribution < -0.4 is 10.0 Å². The van der Waals surface area contributed by atoms with Gasteiger partial charge < -0.3 is 5.32 Å². The van der Waals surface area contributed by atoms with E-state index in [1.807, 2.05) is 18.2 Å². The molecule has 31 heavy (non-hydrogen) atoms. The Labute approximate surface area is 188 Å². The normalized spacial score (nSPS) is 11.4. The van der Waals surface area contributed by atoms with Crippen molar-refractivity contribution in [2.75, 3.05) is 17.6 Å². The van der Waals surface area contributed by atoms with Crippen molar-refractivity contribution in [1.29, 1.82) is 0 Å². The molecule has 0 saturated carbocycles. The predicted octanol–water partition coefficient (Wildman–Crippen LogP) is 3.71. The zero-order valence-corrected chi connectivity index (χ0v) is 18.9. The van der Waals surface area contributed by atoms with Gasteiger partial charge in [-0.05, 0) is 42.7 Å². The highest BCUT2D eigenvalue weighted by Gasteiger charge is 2.15. The molecule has 3 aromatic rings. The van der Waals surface area contributed by atoms with Crippen LogP contribution >= 0.6 is 23.1 Å². The van der Waals surface area contributed by atoms with E-state index in [2.05, 4.69) is 32.4 Å². The van der Waals surface area contributed by atoms with Crippen LogP contribution in [0.25, 0.3) is 0 Å². The van der Waals surface area contributed by atoms with Crippen LogP contribution in [0, 0.1) is 5.82 Å². The Hall–Kier alpha value is -2.34. The van der Waals surface area contributed by atoms with Crippen molar-refractivity contribution < 1.29 is 17.6 Å². The second kappa shape index (κ2) is 11.3. The van der Waals surface area contributed by atoms with Crippen molar-refractivity contribution in [1.82, 2.24) is 14.9 Å². The van der Waals surface area contributed by atoms with E-state index in [-0.39, 0.29) is 23.8 Å². The molecular formula is C20H21FN4O3S3. The third-order valence-corrected chi connectivity index (χ3v) is 7.63. The standard InChI is InChI=1S/C20H21FN4O3S3/c21-16-8-10-17(11-9-16)31(27,28)22-13-12-18(26)23-19-24-25-20(30-19)29-14-4-7-15-5-2-1-3-6-15/h1-3,5-6,8-11,22H,4,7,12-14H2,(H,23,24,26). The number of halogens is 1. The average molecular weight is 481 g/mol. The van der Waals surface area contributed by atoms with Crippen LogP contribution in [0.3, 0.4) is 0 Å². The average Bonchev–Trinajstić information content (AvgIpc) is 3.19. The van der Waals surface area contributed by atoms with Crippen molar-refractivity contribution in [2.24, 2.45) is 0 Å². The Morgan fingerprint density at radius 2 is 1.81 bits per heavy atom. The molecule has 2 N–H and O–H groups in total. The van der Waals surface area contributed by atoms with Gasteiger partial charge in [0.05, 0.1) is 4.90 Å². The maximum Gasteiger partial charge on any atom is 0.240 e.